The number of furan rings is 1. The quantitative estimate of drug-likeness (QED) is 0.504. The number of ether oxygens (including phenoxy) is 2. The molecule has 3 heterocycles. The summed E-state index contributed by atoms with van der Waals surface area (Å²) in [6, 6.07) is 13.5. The first-order valence-electron chi connectivity index (χ1n) is 9.32. The van der Waals surface area contributed by atoms with Crippen molar-refractivity contribution < 1.29 is 18.7 Å². The molecule has 2 aromatic carbocycles. The van der Waals surface area contributed by atoms with Crippen molar-refractivity contribution in [1.29, 1.82) is 0 Å². The van der Waals surface area contributed by atoms with Crippen LogP contribution in [0.4, 0.5) is 0 Å². The molecule has 0 unspecified atom stereocenters. The van der Waals surface area contributed by atoms with Gasteiger partial charge in [-0.1, -0.05) is 28.1 Å². The Bertz CT molecular complexity index is 1130. The molecule has 0 bridgehead atoms. The van der Waals surface area contributed by atoms with Gasteiger partial charge in [-0.2, -0.15) is 0 Å². The van der Waals surface area contributed by atoms with E-state index in [1.807, 2.05) is 49.4 Å². The van der Waals surface area contributed by atoms with Gasteiger partial charge >= 0.3 is 0 Å². The van der Waals surface area contributed by atoms with Gasteiger partial charge in [-0.15, -0.1) is 0 Å². The summed E-state index contributed by atoms with van der Waals surface area (Å²) < 4.78 is 18.4. The van der Waals surface area contributed by atoms with Crippen LogP contribution < -0.4 is 9.47 Å². The zero-order chi connectivity index (χ0) is 20.0. The second-order valence-electron chi connectivity index (χ2n) is 7.20. The van der Waals surface area contributed by atoms with Crippen molar-refractivity contribution in [2.75, 3.05) is 6.73 Å². The monoisotopic (exact) mass is 451 g/mol. The van der Waals surface area contributed by atoms with Crippen LogP contribution in [0.25, 0.3) is 6.08 Å². The molecule has 0 atom stereocenters. The predicted octanol–water partition coefficient (Wildman–Crippen LogP) is 5.32. The molecule has 0 aliphatic carbocycles. The van der Waals surface area contributed by atoms with Crippen LogP contribution in [-0.4, -0.2) is 17.4 Å². The van der Waals surface area contributed by atoms with E-state index in [1.165, 1.54) is 0 Å². The molecule has 5 nitrogen and oxygen atoms in total. The normalized spacial score (nSPS) is 17.0. The second-order valence-corrected chi connectivity index (χ2v) is 8.12. The van der Waals surface area contributed by atoms with E-state index in [1.54, 1.807) is 12.3 Å². The molecule has 0 saturated carbocycles. The number of benzene rings is 2. The maximum Gasteiger partial charge on any atom is 0.231 e. The zero-order valence-corrected chi connectivity index (χ0v) is 17.4. The molecule has 146 valence electrons. The summed E-state index contributed by atoms with van der Waals surface area (Å²) in [7, 11) is 0. The summed E-state index contributed by atoms with van der Waals surface area (Å²) in [5.41, 5.74) is 3.34. The minimum atomic E-state index is -0.103. The molecule has 3 aromatic rings. The Hall–Kier alpha value is -2.83. The van der Waals surface area contributed by atoms with E-state index in [2.05, 4.69) is 20.8 Å². The number of hydrogen-bond acceptors (Lipinski definition) is 5. The van der Waals surface area contributed by atoms with E-state index in [-0.39, 0.29) is 5.78 Å². The first-order chi connectivity index (χ1) is 14.1. The standard InChI is InChI=1S/C23H18BrNO4/c1-14-22-16(11-25(13-28-22)12-18-6-3-7-27-18)10-19-21(26)20(29-23(14)19)9-15-4-2-5-17(24)8-15/h2-10H,11-13H2,1H3/b20-9-. The van der Waals surface area contributed by atoms with Crippen molar-refractivity contribution in [3.63, 3.8) is 0 Å². The maximum absolute atomic E-state index is 13.0. The Kier molecular flexibility index (Phi) is 4.53. The van der Waals surface area contributed by atoms with E-state index >= 15 is 0 Å². The fourth-order valence-electron chi connectivity index (χ4n) is 3.77. The third-order valence-corrected chi connectivity index (χ3v) is 5.60. The number of halogens is 1. The third-order valence-electron chi connectivity index (χ3n) is 5.11. The fraction of sp³-hybridized carbons (Fsp3) is 0.174. The van der Waals surface area contributed by atoms with Gasteiger partial charge in [0.1, 0.15) is 24.0 Å². The summed E-state index contributed by atoms with van der Waals surface area (Å²) in [5.74, 6) is 2.50. The molecule has 6 heteroatoms. The Labute approximate surface area is 176 Å². The van der Waals surface area contributed by atoms with Crippen molar-refractivity contribution in [2.24, 2.45) is 0 Å². The molecule has 0 radical (unpaired) electrons. The van der Waals surface area contributed by atoms with Crippen LogP contribution in [0, 0.1) is 6.92 Å². The lowest BCUT2D eigenvalue weighted by atomic mass is 10.00. The smallest absolute Gasteiger partial charge is 0.231 e. The van der Waals surface area contributed by atoms with E-state index in [9.17, 15) is 4.79 Å². The number of fused-ring (bicyclic) bond motifs is 2. The highest BCUT2D eigenvalue weighted by Crippen LogP contribution is 2.43. The van der Waals surface area contributed by atoms with Crippen molar-refractivity contribution in [3.05, 3.63) is 87.0 Å². The minimum Gasteiger partial charge on any atom is -0.477 e. The predicted molar refractivity (Wildman–Crippen MR) is 112 cm³/mol. The van der Waals surface area contributed by atoms with Crippen molar-refractivity contribution >= 4 is 27.8 Å². The van der Waals surface area contributed by atoms with Gasteiger partial charge in [0.15, 0.2) is 5.76 Å². The molecular formula is C23H18BrNO4. The highest BCUT2D eigenvalue weighted by atomic mass is 79.9. The number of carbonyl (C=O) groups excluding carboxylic acids is 1. The zero-order valence-electron chi connectivity index (χ0n) is 15.8. The van der Waals surface area contributed by atoms with Crippen LogP contribution >= 0.6 is 15.9 Å². The number of ketones is 1. The van der Waals surface area contributed by atoms with E-state index < -0.39 is 0 Å². The Balaban J connectivity index is 1.45. The van der Waals surface area contributed by atoms with Gasteiger partial charge < -0.3 is 13.9 Å². The van der Waals surface area contributed by atoms with Gasteiger partial charge in [0.2, 0.25) is 5.78 Å². The molecule has 0 saturated heterocycles. The molecule has 0 spiro atoms. The largest absolute Gasteiger partial charge is 0.477 e. The van der Waals surface area contributed by atoms with E-state index in [4.69, 9.17) is 13.9 Å². The lowest BCUT2D eigenvalue weighted by Gasteiger charge is -2.29. The van der Waals surface area contributed by atoms with Crippen LogP contribution in [0.1, 0.15) is 32.8 Å². The average molecular weight is 452 g/mol. The molecule has 2 aliphatic heterocycles. The number of nitrogens with zero attached hydrogens (tertiary/aromatic N) is 1. The number of carbonyl (C=O) groups is 1. The van der Waals surface area contributed by atoms with Crippen molar-refractivity contribution in [1.82, 2.24) is 4.90 Å². The van der Waals surface area contributed by atoms with Crippen LogP contribution in [0.3, 0.4) is 0 Å². The van der Waals surface area contributed by atoms with Gasteiger partial charge in [-0.05, 0) is 48.9 Å². The van der Waals surface area contributed by atoms with Gasteiger partial charge in [0, 0.05) is 22.1 Å². The molecule has 1 aromatic heterocycles. The highest BCUT2D eigenvalue weighted by Gasteiger charge is 2.33. The minimum absolute atomic E-state index is 0.103. The van der Waals surface area contributed by atoms with Gasteiger partial charge in [0.05, 0.1) is 18.4 Å². The average Bonchev–Trinajstić information content (AvgIpc) is 3.31. The van der Waals surface area contributed by atoms with Crippen LogP contribution in [-0.2, 0) is 13.1 Å². The lowest BCUT2D eigenvalue weighted by Crippen LogP contribution is -2.31. The van der Waals surface area contributed by atoms with Crippen LogP contribution in [0.2, 0.25) is 0 Å². The van der Waals surface area contributed by atoms with Gasteiger partial charge in [-0.25, -0.2) is 0 Å². The third kappa shape index (κ3) is 3.39. The molecule has 5 rings (SSSR count). The summed E-state index contributed by atoms with van der Waals surface area (Å²) >= 11 is 3.46. The lowest BCUT2D eigenvalue weighted by molar-refractivity contribution is 0.0813. The maximum atomic E-state index is 13.0. The Morgan fingerprint density at radius 1 is 1.17 bits per heavy atom. The molecule has 2 aliphatic rings. The number of Topliss-reactive ketones (excluding diaryl/α,β-unsaturated/α-hetero) is 1. The van der Waals surface area contributed by atoms with Gasteiger partial charge in [-0.3, -0.25) is 9.69 Å². The Morgan fingerprint density at radius 2 is 2.07 bits per heavy atom. The number of hydrogen-bond donors (Lipinski definition) is 0. The second kappa shape index (κ2) is 7.21. The summed E-state index contributed by atoms with van der Waals surface area (Å²) in [4.78, 5) is 15.1. The molecular weight excluding hydrogens is 434 g/mol. The fourth-order valence-corrected chi connectivity index (χ4v) is 4.19. The Morgan fingerprint density at radius 3 is 2.86 bits per heavy atom. The highest BCUT2D eigenvalue weighted by molar-refractivity contribution is 9.10. The van der Waals surface area contributed by atoms with Crippen LogP contribution in [0.15, 0.2) is 63.4 Å². The first-order valence-corrected chi connectivity index (χ1v) is 10.1. The van der Waals surface area contributed by atoms with Crippen molar-refractivity contribution in [3.8, 4) is 11.5 Å². The number of allylic oxidation sites excluding steroid dienone is 1. The van der Waals surface area contributed by atoms with Crippen molar-refractivity contribution in [2.45, 2.75) is 20.0 Å². The molecule has 0 amide bonds. The van der Waals surface area contributed by atoms with Crippen LogP contribution in [0.5, 0.6) is 11.5 Å². The molecule has 0 N–H and O–H groups in total. The van der Waals surface area contributed by atoms with Gasteiger partial charge in [0.25, 0.3) is 0 Å². The summed E-state index contributed by atoms with van der Waals surface area (Å²) in [6.45, 7) is 3.74. The molecule has 29 heavy (non-hydrogen) atoms. The van der Waals surface area contributed by atoms with E-state index in [0.29, 0.717) is 36.9 Å². The summed E-state index contributed by atoms with van der Waals surface area (Å²) in [6.07, 6.45) is 3.44. The SMILES string of the molecule is Cc1c2c(cc3c1O/C(=C\c1cccc(Br)c1)C3=O)CN(Cc1ccco1)CO2. The first kappa shape index (κ1) is 18.2. The number of rotatable bonds is 3. The molecule has 0 fully saturated rings. The van der Waals surface area contributed by atoms with E-state index in [0.717, 1.165) is 32.7 Å². The summed E-state index contributed by atoms with van der Waals surface area (Å²) in [5, 5.41) is 0. The topological polar surface area (TPSA) is 51.9 Å².